The molecule has 358 valence electrons. The van der Waals surface area contributed by atoms with E-state index in [4.69, 9.17) is 0 Å². The Morgan fingerprint density at radius 2 is 0.618 bits per heavy atom. The monoisotopic (exact) mass is 1030 g/mol. The quantitative estimate of drug-likeness (QED) is 0.0414. The van der Waals surface area contributed by atoms with Gasteiger partial charge < -0.3 is 9.13 Å². The highest BCUT2D eigenvalue weighted by Gasteiger charge is 2.16. The van der Waals surface area contributed by atoms with E-state index in [1.807, 2.05) is 0 Å². The second-order valence-electron chi connectivity index (χ2n) is 20.1. The lowest BCUT2D eigenvalue weighted by molar-refractivity contribution is 0.544. The first-order valence-electron chi connectivity index (χ1n) is 27.2. The minimum atomic E-state index is 1.12. The number of unbranched alkanes of at least 4 members (excludes halogenated alkanes) is 22. The van der Waals surface area contributed by atoms with Crippen LogP contribution in [0.1, 0.15) is 179 Å². The van der Waals surface area contributed by atoms with Crippen molar-refractivity contribution in [1.29, 1.82) is 0 Å². The lowest BCUT2D eigenvalue weighted by Crippen LogP contribution is -1.96. The summed E-state index contributed by atoms with van der Waals surface area (Å²) in [4.78, 5) is 0. The van der Waals surface area contributed by atoms with Crippen molar-refractivity contribution in [3.05, 3.63) is 141 Å². The van der Waals surface area contributed by atoms with E-state index < -0.39 is 0 Å². The molecule has 2 nitrogen and oxygen atoms in total. The molecule has 6 aromatic carbocycles. The lowest BCUT2D eigenvalue weighted by Gasteiger charge is -2.12. The molecule has 0 saturated heterocycles. The molecule has 8 rings (SSSR count). The van der Waals surface area contributed by atoms with Gasteiger partial charge in [0.05, 0.1) is 22.1 Å². The molecule has 0 saturated carbocycles. The molecule has 0 bridgehead atoms. The third kappa shape index (κ3) is 13.2. The minimum Gasteiger partial charge on any atom is -0.309 e. The molecule has 0 N–H and O–H groups in total. The minimum absolute atomic E-state index is 1.12. The van der Waals surface area contributed by atoms with Gasteiger partial charge >= 0.3 is 0 Å². The van der Waals surface area contributed by atoms with Gasteiger partial charge in [-0.25, -0.2) is 0 Å². The summed E-state index contributed by atoms with van der Waals surface area (Å²) < 4.78 is 7.19. The number of benzene rings is 6. The molecule has 0 amide bonds. The summed E-state index contributed by atoms with van der Waals surface area (Å²) in [7, 11) is 0. The molecule has 2 heterocycles. The van der Waals surface area contributed by atoms with Crippen LogP contribution in [0, 0.1) is 0 Å². The average molecular weight is 1040 g/mol. The van der Waals surface area contributed by atoms with Crippen LogP contribution in [0.2, 0.25) is 0 Å². The fraction of sp³-hybridized carbons (Fsp3) is 0.438. The predicted octanol–water partition coefficient (Wildman–Crippen LogP) is 21.6. The van der Waals surface area contributed by atoms with Gasteiger partial charge in [-0.2, -0.15) is 0 Å². The van der Waals surface area contributed by atoms with Crippen LogP contribution in [0.25, 0.3) is 66.1 Å². The van der Waals surface area contributed by atoms with Crippen LogP contribution in [0.15, 0.2) is 130 Å². The number of nitrogens with zero attached hydrogens (tertiary/aromatic N) is 2. The number of aryl methyl sites for hydroxylation is 2. The topological polar surface area (TPSA) is 9.86 Å². The first-order chi connectivity index (χ1) is 33.5. The third-order valence-electron chi connectivity index (χ3n) is 14.8. The van der Waals surface area contributed by atoms with E-state index in [0.717, 1.165) is 21.8 Å². The number of fused-ring (bicyclic) bond motifs is 6. The summed E-state index contributed by atoms with van der Waals surface area (Å²) in [6.07, 6.45) is 35.5. The van der Waals surface area contributed by atoms with Gasteiger partial charge in [0.1, 0.15) is 0 Å². The first kappa shape index (κ1) is 50.3. The molecule has 0 unspecified atom stereocenters. The Morgan fingerprint density at radius 1 is 0.294 bits per heavy atom. The van der Waals surface area contributed by atoms with Crippen molar-refractivity contribution < 1.29 is 0 Å². The second kappa shape index (κ2) is 26.2. The Bertz CT molecular complexity index is 2600. The molecule has 0 fully saturated rings. The zero-order chi connectivity index (χ0) is 46.9. The van der Waals surface area contributed by atoms with Crippen LogP contribution < -0.4 is 0 Å². The van der Waals surface area contributed by atoms with Crippen molar-refractivity contribution in [3.8, 4) is 22.5 Å². The maximum atomic E-state index is 3.78. The van der Waals surface area contributed by atoms with Crippen molar-refractivity contribution in [2.75, 3.05) is 0 Å². The Balaban J connectivity index is 0.924. The van der Waals surface area contributed by atoms with Crippen molar-refractivity contribution in [1.82, 2.24) is 9.13 Å². The highest BCUT2D eigenvalue weighted by molar-refractivity contribution is 9.10. The molecule has 68 heavy (non-hydrogen) atoms. The Hall–Kier alpha value is -4.12. The smallest absolute Gasteiger partial charge is 0.0543 e. The van der Waals surface area contributed by atoms with Gasteiger partial charge in [-0.3, -0.25) is 0 Å². The molecule has 0 spiro atoms. The number of rotatable bonds is 29. The van der Waals surface area contributed by atoms with Gasteiger partial charge in [0.2, 0.25) is 0 Å². The number of aromatic nitrogens is 2. The van der Waals surface area contributed by atoms with Crippen LogP contribution in [0.5, 0.6) is 0 Å². The Kier molecular flexibility index (Phi) is 19.4. The van der Waals surface area contributed by atoms with Crippen LogP contribution in [-0.2, 0) is 12.8 Å². The normalized spacial score (nSPS) is 11.9. The largest absolute Gasteiger partial charge is 0.309 e. The molecule has 2 aromatic heterocycles. The molecular formula is C64H78Br2N2. The summed E-state index contributed by atoms with van der Waals surface area (Å²) >= 11 is 7.55. The lowest BCUT2D eigenvalue weighted by atomic mass is 10.0. The van der Waals surface area contributed by atoms with Crippen LogP contribution in [-0.4, -0.2) is 9.13 Å². The van der Waals surface area contributed by atoms with Gasteiger partial charge in [-0.05, 0) is 121 Å². The summed E-state index contributed by atoms with van der Waals surface area (Å²) in [5, 5.41) is 5.21. The van der Waals surface area contributed by atoms with Gasteiger partial charge in [-0.1, -0.05) is 235 Å². The fourth-order valence-corrected chi connectivity index (χ4v) is 11.6. The number of hydrogen-bond donors (Lipinski definition) is 0. The SMILES string of the molecule is CCCCCCCCCCCCCCc1ccc2c3cc(Br)ccc3n(-c3ccc(-c4ccc(-n5c6ccc(Br)cc6c6ccc(CCCCCCCCCCCCCC)cc65)cc4)cc3)c2c1. The molecule has 8 aromatic rings. The van der Waals surface area contributed by atoms with Gasteiger partial charge in [0.15, 0.2) is 0 Å². The average Bonchev–Trinajstić information content (AvgIpc) is 3.85. The summed E-state index contributed by atoms with van der Waals surface area (Å²) in [5.41, 5.74) is 12.8. The molecular weight excluding hydrogens is 957 g/mol. The van der Waals surface area contributed by atoms with Crippen LogP contribution in [0.3, 0.4) is 0 Å². The highest BCUT2D eigenvalue weighted by atomic mass is 79.9. The predicted molar refractivity (Wildman–Crippen MR) is 306 cm³/mol. The molecule has 0 radical (unpaired) electrons. The number of halogens is 2. The van der Waals surface area contributed by atoms with Crippen molar-refractivity contribution in [2.45, 2.75) is 181 Å². The summed E-state index contributed by atoms with van der Waals surface area (Å²) in [6.45, 7) is 4.60. The summed E-state index contributed by atoms with van der Waals surface area (Å²) in [6, 6.07) is 46.3. The molecule has 0 aliphatic carbocycles. The maximum Gasteiger partial charge on any atom is 0.0543 e. The van der Waals surface area contributed by atoms with Crippen molar-refractivity contribution in [2.24, 2.45) is 0 Å². The van der Waals surface area contributed by atoms with Gasteiger partial charge in [0.25, 0.3) is 0 Å². The molecule has 0 aliphatic heterocycles. The van der Waals surface area contributed by atoms with Gasteiger partial charge in [-0.15, -0.1) is 0 Å². The van der Waals surface area contributed by atoms with E-state index >= 15 is 0 Å². The molecule has 4 heteroatoms. The fourth-order valence-electron chi connectivity index (χ4n) is 10.9. The number of hydrogen-bond acceptors (Lipinski definition) is 0. The van der Waals surface area contributed by atoms with Crippen molar-refractivity contribution >= 4 is 75.5 Å². The van der Waals surface area contributed by atoms with E-state index in [1.54, 1.807) is 0 Å². The van der Waals surface area contributed by atoms with Crippen LogP contribution >= 0.6 is 31.9 Å². The molecule has 0 atom stereocenters. The van der Waals surface area contributed by atoms with E-state index in [1.165, 1.54) is 231 Å². The van der Waals surface area contributed by atoms with E-state index in [2.05, 4.69) is 176 Å². The third-order valence-corrected chi connectivity index (χ3v) is 15.8. The Morgan fingerprint density at radius 3 is 0.956 bits per heavy atom. The zero-order valence-corrected chi connectivity index (χ0v) is 44.8. The van der Waals surface area contributed by atoms with E-state index in [9.17, 15) is 0 Å². The molecule has 0 aliphatic rings. The van der Waals surface area contributed by atoms with E-state index in [0.29, 0.717) is 0 Å². The summed E-state index contributed by atoms with van der Waals surface area (Å²) in [5.74, 6) is 0. The zero-order valence-electron chi connectivity index (χ0n) is 41.6. The van der Waals surface area contributed by atoms with Crippen LogP contribution in [0.4, 0.5) is 0 Å². The van der Waals surface area contributed by atoms with Crippen molar-refractivity contribution in [3.63, 3.8) is 0 Å². The first-order valence-corrected chi connectivity index (χ1v) is 28.8. The second-order valence-corrected chi connectivity index (χ2v) is 21.9. The highest BCUT2D eigenvalue weighted by Crippen LogP contribution is 2.37. The van der Waals surface area contributed by atoms with E-state index in [-0.39, 0.29) is 0 Å². The standard InChI is InChI=1S/C64H78Br2N2/c1-3-5-7-9-11-13-15-17-19-21-23-25-27-49-29-41-57-59-47-53(65)35-43-61(59)67(63(57)45-49)55-37-31-51(32-38-55)52-33-39-56(40-34-52)68-62-44-36-54(66)48-60(62)58-42-30-50(46-64(58)68)28-26-24-22-20-18-16-14-12-10-8-6-4-2/h29-48H,3-28H2,1-2H3. The maximum absolute atomic E-state index is 3.78. The Labute approximate surface area is 426 Å². The van der Waals surface area contributed by atoms with Gasteiger partial charge in [0, 0.05) is 41.9 Å².